The van der Waals surface area contributed by atoms with Crippen LogP contribution < -0.4 is 5.46 Å². The van der Waals surface area contributed by atoms with Crippen LogP contribution in [0.25, 0.3) is 103 Å². The van der Waals surface area contributed by atoms with Crippen molar-refractivity contribution in [2.75, 3.05) is 0 Å². The van der Waals surface area contributed by atoms with Crippen LogP contribution >= 0.6 is 11.3 Å². The molecule has 0 atom stereocenters. The Balaban J connectivity index is 1.12. The highest BCUT2D eigenvalue weighted by atomic mass is 32.1. The molecule has 0 aliphatic carbocycles. The molecule has 0 N–H and O–H groups in total. The van der Waals surface area contributed by atoms with Crippen molar-refractivity contribution >= 4 is 110 Å². The molecule has 4 aromatic heterocycles. The summed E-state index contributed by atoms with van der Waals surface area (Å²) in [6.45, 7) is 8.51. The van der Waals surface area contributed by atoms with Gasteiger partial charge in [-0.15, -0.1) is 11.3 Å². The highest BCUT2D eigenvalue weighted by Crippen LogP contribution is 2.44. The highest BCUT2D eigenvalue weighted by molar-refractivity contribution is 7.26. The fourth-order valence-corrected chi connectivity index (χ4v) is 11.3. The van der Waals surface area contributed by atoms with E-state index in [4.69, 9.17) is 9.31 Å². The number of fused-ring (bicyclic) bond motifs is 12. The van der Waals surface area contributed by atoms with Crippen LogP contribution in [0, 0.1) is 0 Å². The van der Waals surface area contributed by atoms with E-state index in [1.807, 2.05) is 11.3 Å². The molecule has 13 rings (SSSR count). The molecule has 61 heavy (non-hydrogen) atoms. The van der Waals surface area contributed by atoms with Crippen molar-refractivity contribution in [2.45, 2.75) is 38.9 Å². The molecule has 5 nitrogen and oxygen atoms in total. The number of nitrogens with zero attached hydrogens (tertiary/aromatic N) is 3. The Hall–Kier alpha value is -6.64. The maximum atomic E-state index is 6.74. The van der Waals surface area contributed by atoms with E-state index in [2.05, 4.69) is 211 Å². The third-order valence-electron chi connectivity index (χ3n) is 13.7. The Kier molecular flexibility index (Phi) is 7.18. The van der Waals surface area contributed by atoms with Crippen molar-refractivity contribution in [3.63, 3.8) is 0 Å². The molecule has 1 aliphatic heterocycles. The fraction of sp³-hybridized carbons (Fsp3) is 0.111. The third kappa shape index (κ3) is 4.85. The molecule has 1 aliphatic rings. The van der Waals surface area contributed by atoms with Gasteiger partial charge in [0.15, 0.2) is 0 Å². The molecule has 12 aromatic rings. The van der Waals surface area contributed by atoms with E-state index in [1.54, 1.807) is 0 Å². The zero-order valence-electron chi connectivity index (χ0n) is 34.3. The average molecular weight is 806 g/mol. The van der Waals surface area contributed by atoms with Gasteiger partial charge < -0.3 is 23.0 Å². The molecule has 0 radical (unpaired) electrons. The molecule has 0 spiro atoms. The first kappa shape index (κ1) is 35.2. The lowest BCUT2D eigenvalue weighted by molar-refractivity contribution is 0.00578. The minimum absolute atomic E-state index is 0.455. The van der Waals surface area contributed by atoms with Gasteiger partial charge in [-0.05, 0) is 112 Å². The summed E-state index contributed by atoms with van der Waals surface area (Å²) in [5, 5.41) is 9.80. The molecular formula is C54H40BN3O2S. The first-order valence-corrected chi connectivity index (χ1v) is 21.9. The molecule has 5 heterocycles. The van der Waals surface area contributed by atoms with Gasteiger partial charge in [0.1, 0.15) is 0 Å². The van der Waals surface area contributed by atoms with Gasteiger partial charge in [-0.2, -0.15) is 0 Å². The van der Waals surface area contributed by atoms with Crippen LogP contribution in [0.5, 0.6) is 0 Å². The van der Waals surface area contributed by atoms with E-state index >= 15 is 0 Å². The molecule has 0 bridgehead atoms. The van der Waals surface area contributed by atoms with Crippen LogP contribution in [0.2, 0.25) is 0 Å². The number of thiophene rings is 1. The second-order valence-electron chi connectivity index (χ2n) is 17.5. The second-order valence-corrected chi connectivity index (χ2v) is 18.6. The summed E-state index contributed by atoms with van der Waals surface area (Å²) in [6.07, 6.45) is 0. The van der Waals surface area contributed by atoms with Crippen molar-refractivity contribution in [2.24, 2.45) is 0 Å². The monoisotopic (exact) mass is 805 g/mol. The number of hydrogen-bond acceptors (Lipinski definition) is 3. The molecule has 8 aromatic carbocycles. The summed E-state index contributed by atoms with van der Waals surface area (Å²) in [7, 11) is -0.486. The highest BCUT2D eigenvalue weighted by Gasteiger charge is 2.52. The van der Waals surface area contributed by atoms with Crippen LogP contribution in [-0.4, -0.2) is 32.0 Å². The van der Waals surface area contributed by atoms with Crippen LogP contribution in [0.15, 0.2) is 170 Å². The fourth-order valence-electron chi connectivity index (χ4n) is 10.2. The normalized spacial score (nSPS) is 15.3. The predicted molar refractivity (Wildman–Crippen MR) is 258 cm³/mol. The largest absolute Gasteiger partial charge is 0.495 e. The van der Waals surface area contributed by atoms with Gasteiger partial charge in [0.25, 0.3) is 0 Å². The van der Waals surface area contributed by atoms with E-state index in [-0.39, 0.29) is 0 Å². The summed E-state index contributed by atoms with van der Waals surface area (Å²) in [6, 6.07) is 62.4. The first-order valence-electron chi connectivity index (χ1n) is 21.1. The van der Waals surface area contributed by atoms with Gasteiger partial charge in [0.05, 0.1) is 50.0 Å². The first-order chi connectivity index (χ1) is 29.8. The van der Waals surface area contributed by atoms with E-state index < -0.39 is 18.3 Å². The second kappa shape index (κ2) is 12.5. The Bertz CT molecular complexity index is 3510. The zero-order valence-corrected chi connectivity index (χ0v) is 35.1. The van der Waals surface area contributed by atoms with Gasteiger partial charge in [-0.3, -0.25) is 0 Å². The molecule has 0 saturated carbocycles. The van der Waals surface area contributed by atoms with E-state index in [1.165, 1.54) is 74.6 Å². The molecule has 292 valence electrons. The van der Waals surface area contributed by atoms with Crippen molar-refractivity contribution < 1.29 is 9.31 Å². The Labute approximate surface area is 356 Å². The van der Waals surface area contributed by atoms with Gasteiger partial charge in [0.2, 0.25) is 0 Å². The summed E-state index contributed by atoms with van der Waals surface area (Å²) < 4.78 is 23.3. The number of hydrogen-bond donors (Lipinski definition) is 0. The lowest BCUT2D eigenvalue weighted by atomic mass is 9.76. The summed E-state index contributed by atoms with van der Waals surface area (Å²) in [5.74, 6) is 0. The van der Waals surface area contributed by atoms with Gasteiger partial charge in [0, 0.05) is 63.9 Å². The van der Waals surface area contributed by atoms with Crippen molar-refractivity contribution in [1.82, 2.24) is 13.7 Å². The summed E-state index contributed by atoms with van der Waals surface area (Å²) >= 11 is 1.83. The molecule has 0 amide bonds. The lowest BCUT2D eigenvalue weighted by Crippen LogP contribution is -2.41. The number of aromatic nitrogens is 3. The molecule has 1 saturated heterocycles. The van der Waals surface area contributed by atoms with Gasteiger partial charge >= 0.3 is 7.12 Å². The van der Waals surface area contributed by atoms with Crippen LogP contribution in [0.4, 0.5) is 0 Å². The molecular weight excluding hydrogens is 765 g/mol. The molecule has 7 heteroatoms. The van der Waals surface area contributed by atoms with Crippen molar-refractivity contribution in [3.05, 3.63) is 170 Å². The van der Waals surface area contributed by atoms with E-state index in [0.29, 0.717) is 0 Å². The van der Waals surface area contributed by atoms with Gasteiger partial charge in [-0.1, -0.05) is 91.0 Å². The van der Waals surface area contributed by atoms with Gasteiger partial charge in [-0.25, -0.2) is 0 Å². The number of rotatable bonds is 4. The predicted octanol–water partition coefficient (Wildman–Crippen LogP) is 13.6. The lowest BCUT2D eigenvalue weighted by Gasteiger charge is -2.32. The van der Waals surface area contributed by atoms with Crippen LogP contribution in [0.1, 0.15) is 27.7 Å². The smallest absolute Gasteiger partial charge is 0.399 e. The molecule has 1 fully saturated rings. The zero-order chi connectivity index (χ0) is 40.8. The molecule has 0 unspecified atom stereocenters. The maximum Gasteiger partial charge on any atom is 0.495 e. The number of para-hydroxylation sites is 4. The van der Waals surface area contributed by atoms with Crippen molar-refractivity contribution in [3.8, 4) is 17.1 Å². The van der Waals surface area contributed by atoms with E-state index in [9.17, 15) is 0 Å². The Morgan fingerprint density at radius 3 is 1.28 bits per heavy atom. The Morgan fingerprint density at radius 2 is 0.803 bits per heavy atom. The topological polar surface area (TPSA) is 33.2 Å². The van der Waals surface area contributed by atoms with E-state index in [0.717, 1.165) is 33.6 Å². The van der Waals surface area contributed by atoms with Crippen LogP contribution in [0.3, 0.4) is 0 Å². The quantitative estimate of drug-likeness (QED) is 0.166. The summed E-state index contributed by atoms with van der Waals surface area (Å²) in [5.41, 5.74) is 10.7. The average Bonchev–Trinajstić information content (AvgIpc) is 4.05. The third-order valence-corrected chi connectivity index (χ3v) is 14.8. The standard InChI is InChI=1S/C54H40BN3O2S/c1-53(2)54(3,4)60-55(59-53)41-19-13-25-49-51(41)52-48(24-14-26-50(52)61-49)58-46-29-27-33(56-42-20-9-5-15-35(42)36-16-6-10-21-43(36)56)31-39(46)40-32-34(28-30-47(40)58)57-44-22-11-7-17-37(44)38-18-8-12-23-45(38)57/h5-32H,1-4H3. The minimum atomic E-state index is -0.486. The number of benzene rings is 8. The summed E-state index contributed by atoms with van der Waals surface area (Å²) in [4.78, 5) is 0. The van der Waals surface area contributed by atoms with Crippen LogP contribution in [-0.2, 0) is 9.31 Å². The maximum absolute atomic E-state index is 6.74. The SMILES string of the molecule is CC1(C)OB(c2cccc3sc4cccc(-n5c6ccc(-n7c8ccccc8c8ccccc87)cc6c6cc(-n7c8ccccc8c8ccccc87)ccc65)c4c23)OC1(C)C. The Morgan fingerprint density at radius 1 is 0.393 bits per heavy atom. The van der Waals surface area contributed by atoms with Crippen molar-refractivity contribution in [1.29, 1.82) is 0 Å². The minimum Gasteiger partial charge on any atom is -0.399 e.